The summed E-state index contributed by atoms with van der Waals surface area (Å²) < 4.78 is 12.9. The summed E-state index contributed by atoms with van der Waals surface area (Å²) in [5, 5.41) is 5.52. The molecule has 1 aromatic heterocycles. The molecule has 0 saturated carbocycles. The van der Waals surface area contributed by atoms with Crippen LogP contribution in [0.3, 0.4) is 0 Å². The van der Waals surface area contributed by atoms with E-state index in [2.05, 4.69) is 16.9 Å². The lowest BCUT2D eigenvalue weighted by atomic mass is 10.2. The number of hydrogen-bond acceptors (Lipinski definition) is 5. The monoisotopic (exact) mass is 360 g/mol. The molecule has 142 valence electrons. The third-order valence-corrected chi connectivity index (χ3v) is 4.79. The first-order valence-electron chi connectivity index (χ1n) is 9.24. The summed E-state index contributed by atoms with van der Waals surface area (Å²) in [5.74, 6) is 0.699. The molecule has 1 fully saturated rings. The van der Waals surface area contributed by atoms with Gasteiger partial charge in [-0.2, -0.15) is 5.10 Å². The minimum Gasteiger partial charge on any atom is -0.494 e. The average molecular weight is 360 g/mol. The van der Waals surface area contributed by atoms with E-state index >= 15 is 0 Å². The molecule has 7 nitrogen and oxygen atoms in total. The second kappa shape index (κ2) is 8.51. The zero-order valence-electron chi connectivity index (χ0n) is 15.9. The number of methoxy groups -OCH3 is 1. The Morgan fingerprint density at radius 3 is 2.77 bits per heavy atom. The van der Waals surface area contributed by atoms with Gasteiger partial charge in [0.1, 0.15) is 11.3 Å². The van der Waals surface area contributed by atoms with E-state index in [9.17, 15) is 4.79 Å². The summed E-state index contributed by atoms with van der Waals surface area (Å²) in [5.41, 5.74) is 1.38. The van der Waals surface area contributed by atoms with E-state index in [0.717, 1.165) is 55.9 Å². The Labute approximate surface area is 154 Å². The number of benzene rings is 1. The van der Waals surface area contributed by atoms with Crippen molar-refractivity contribution < 1.29 is 14.3 Å². The molecule has 0 aliphatic carbocycles. The van der Waals surface area contributed by atoms with Crippen molar-refractivity contribution in [3.05, 3.63) is 23.9 Å². The van der Waals surface area contributed by atoms with Gasteiger partial charge in [-0.15, -0.1) is 0 Å². The molecule has 0 radical (unpaired) electrons. The summed E-state index contributed by atoms with van der Waals surface area (Å²) in [4.78, 5) is 16.9. The number of rotatable bonds is 7. The fourth-order valence-corrected chi connectivity index (χ4v) is 3.37. The number of hydrogen-bond donors (Lipinski definition) is 0. The topological polar surface area (TPSA) is 59.8 Å². The van der Waals surface area contributed by atoms with Gasteiger partial charge in [0.25, 0.3) is 5.91 Å². The third kappa shape index (κ3) is 3.83. The molecule has 3 rings (SSSR count). The van der Waals surface area contributed by atoms with Crippen LogP contribution in [0.1, 0.15) is 23.8 Å². The van der Waals surface area contributed by atoms with Gasteiger partial charge in [-0.05, 0) is 12.5 Å². The van der Waals surface area contributed by atoms with Crippen molar-refractivity contribution in [1.82, 2.24) is 19.6 Å². The molecule has 0 spiro atoms. The van der Waals surface area contributed by atoms with Crippen LogP contribution in [0.5, 0.6) is 5.75 Å². The largest absolute Gasteiger partial charge is 0.494 e. The van der Waals surface area contributed by atoms with Gasteiger partial charge in [0, 0.05) is 38.6 Å². The van der Waals surface area contributed by atoms with Gasteiger partial charge < -0.3 is 14.4 Å². The Balaban J connectivity index is 1.92. The molecule has 0 N–H and O–H groups in total. The van der Waals surface area contributed by atoms with Crippen molar-refractivity contribution in [2.45, 2.75) is 19.9 Å². The normalized spacial score (nSPS) is 15.3. The third-order valence-electron chi connectivity index (χ3n) is 4.79. The predicted molar refractivity (Wildman–Crippen MR) is 101 cm³/mol. The number of aromatic nitrogens is 2. The average Bonchev–Trinajstić information content (AvgIpc) is 3.05. The number of fused-ring (bicyclic) bond motifs is 1. The molecular weight excluding hydrogens is 332 g/mol. The van der Waals surface area contributed by atoms with Crippen LogP contribution in [-0.2, 0) is 11.3 Å². The summed E-state index contributed by atoms with van der Waals surface area (Å²) >= 11 is 0. The second-order valence-corrected chi connectivity index (χ2v) is 6.61. The van der Waals surface area contributed by atoms with Gasteiger partial charge in [0.2, 0.25) is 0 Å². The van der Waals surface area contributed by atoms with Crippen molar-refractivity contribution in [2.24, 2.45) is 0 Å². The van der Waals surface area contributed by atoms with E-state index in [0.29, 0.717) is 18.8 Å². The van der Waals surface area contributed by atoms with Gasteiger partial charge in [-0.1, -0.05) is 19.1 Å². The highest BCUT2D eigenvalue weighted by Crippen LogP contribution is 2.28. The highest BCUT2D eigenvalue weighted by atomic mass is 16.5. The number of para-hydroxylation sites is 1. The Kier molecular flexibility index (Phi) is 6.11. The van der Waals surface area contributed by atoms with Gasteiger partial charge in [-0.25, -0.2) is 0 Å². The predicted octanol–water partition coefficient (Wildman–Crippen LogP) is 1.86. The minimum atomic E-state index is -0.0461. The minimum absolute atomic E-state index is 0.0461. The maximum absolute atomic E-state index is 12.8. The Bertz CT molecular complexity index is 753. The van der Waals surface area contributed by atoms with Crippen LogP contribution in [0.25, 0.3) is 10.9 Å². The highest BCUT2D eigenvalue weighted by Gasteiger charge is 2.22. The van der Waals surface area contributed by atoms with Crippen LogP contribution >= 0.6 is 0 Å². The van der Waals surface area contributed by atoms with Crippen LogP contribution in [0.4, 0.5) is 0 Å². The molecule has 0 atom stereocenters. The molecular formula is C19H28N4O3. The van der Waals surface area contributed by atoms with Crippen molar-refractivity contribution in [1.29, 1.82) is 0 Å². The lowest BCUT2D eigenvalue weighted by molar-refractivity contribution is 0.0361. The maximum Gasteiger partial charge on any atom is 0.274 e. The quantitative estimate of drug-likeness (QED) is 0.754. The summed E-state index contributed by atoms with van der Waals surface area (Å²) in [6, 6.07) is 5.77. The lowest BCUT2D eigenvalue weighted by Gasteiger charge is -2.26. The van der Waals surface area contributed by atoms with Crippen molar-refractivity contribution in [3.63, 3.8) is 0 Å². The smallest absolute Gasteiger partial charge is 0.274 e. The molecule has 0 unspecified atom stereocenters. The van der Waals surface area contributed by atoms with E-state index < -0.39 is 0 Å². The van der Waals surface area contributed by atoms with Crippen molar-refractivity contribution in [3.8, 4) is 5.75 Å². The number of morpholine rings is 1. The summed E-state index contributed by atoms with van der Waals surface area (Å²) in [6.07, 6.45) is 0.918. The van der Waals surface area contributed by atoms with E-state index in [4.69, 9.17) is 9.47 Å². The van der Waals surface area contributed by atoms with Gasteiger partial charge in [-0.3, -0.25) is 14.4 Å². The zero-order valence-corrected chi connectivity index (χ0v) is 15.9. The molecule has 26 heavy (non-hydrogen) atoms. The zero-order chi connectivity index (χ0) is 18.5. The maximum atomic E-state index is 12.8. The second-order valence-electron chi connectivity index (χ2n) is 6.61. The van der Waals surface area contributed by atoms with Crippen LogP contribution in [0.2, 0.25) is 0 Å². The Hall–Kier alpha value is -2.12. The lowest BCUT2D eigenvalue weighted by Crippen LogP contribution is -2.38. The fraction of sp³-hybridized carbons (Fsp3) is 0.579. The van der Waals surface area contributed by atoms with Crippen LogP contribution in [0, 0.1) is 0 Å². The van der Waals surface area contributed by atoms with Gasteiger partial charge >= 0.3 is 0 Å². The van der Waals surface area contributed by atoms with Crippen LogP contribution < -0.4 is 4.74 Å². The number of nitrogens with zero attached hydrogens (tertiary/aromatic N) is 4. The highest BCUT2D eigenvalue weighted by molar-refractivity contribution is 6.06. The first-order chi connectivity index (χ1) is 12.7. The number of amides is 1. The van der Waals surface area contributed by atoms with Crippen molar-refractivity contribution >= 4 is 16.8 Å². The van der Waals surface area contributed by atoms with Crippen LogP contribution in [0.15, 0.2) is 18.2 Å². The SMILES string of the molecule is CCCN(C)C(=O)c1nn(CCN2CCOCC2)c2c(OC)cccc12. The summed E-state index contributed by atoms with van der Waals surface area (Å²) in [6.45, 7) is 7.77. The van der Waals surface area contributed by atoms with E-state index in [1.54, 1.807) is 12.0 Å². The summed E-state index contributed by atoms with van der Waals surface area (Å²) in [7, 11) is 3.48. The number of ether oxygens (including phenoxy) is 2. The molecule has 2 heterocycles. The van der Waals surface area contributed by atoms with Gasteiger partial charge in [0.15, 0.2) is 5.69 Å². The number of carbonyl (C=O) groups excluding carboxylic acids is 1. The van der Waals surface area contributed by atoms with E-state index in [1.165, 1.54) is 0 Å². The standard InChI is InChI=1S/C19H28N4O3/c1-4-8-21(2)19(24)17-15-6-5-7-16(25-3)18(15)23(20-17)10-9-22-11-13-26-14-12-22/h5-7H,4,8-14H2,1-3H3. The van der Waals surface area contributed by atoms with Gasteiger partial charge in [0.05, 0.1) is 26.9 Å². The fourth-order valence-electron chi connectivity index (χ4n) is 3.37. The molecule has 1 aliphatic rings. The first-order valence-corrected chi connectivity index (χ1v) is 9.24. The molecule has 1 saturated heterocycles. The molecule has 0 bridgehead atoms. The number of carbonyl (C=O) groups is 1. The Morgan fingerprint density at radius 2 is 2.08 bits per heavy atom. The van der Waals surface area contributed by atoms with Crippen LogP contribution in [-0.4, -0.2) is 79.0 Å². The molecule has 1 aliphatic heterocycles. The Morgan fingerprint density at radius 1 is 1.31 bits per heavy atom. The molecule has 2 aromatic rings. The molecule has 1 amide bonds. The van der Waals surface area contributed by atoms with E-state index in [1.807, 2.05) is 29.9 Å². The molecule has 1 aromatic carbocycles. The van der Waals surface area contributed by atoms with Crippen molar-refractivity contribution in [2.75, 3.05) is 53.6 Å². The van der Waals surface area contributed by atoms with E-state index in [-0.39, 0.29) is 5.91 Å². The first kappa shape index (κ1) is 18.7. The molecule has 7 heteroatoms.